The number of benzene rings is 2. The Hall–Kier alpha value is -3.03. The Morgan fingerprint density at radius 2 is 1.79 bits per heavy atom. The number of ether oxygens (including phenoxy) is 1. The molecule has 0 aromatic heterocycles. The van der Waals surface area contributed by atoms with E-state index in [-0.39, 0.29) is 5.75 Å². The molecule has 0 heterocycles. The van der Waals surface area contributed by atoms with Gasteiger partial charge in [-0.3, -0.25) is 4.79 Å². The normalized spacial score (nSPS) is 11.7. The molecule has 0 aliphatic carbocycles. The summed E-state index contributed by atoms with van der Waals surface area (Å²) in [5, 5.41) is 11.1. The van der Waals surface area contributed by atoms with Gasteiger partial charge >= 0.3 is 5.97 Å². The molecule has 5 nitrogen and oxygen atoms in total. The van der Waals surface area contributed by atoms with E-state index in [1.54, 1.807) is 0 Å². The molecule has 8 heteroatoms. The topological polar surface area (TPSA) is 75.6 Å². The molecule has 0 radical (unpaired) electrons. The molecule has 0 unspecified atom stereocenters. The Morgan fingerprint density at radius 1 is 1.08 bits per heavy atom. The summed E-state index contributed by atoms with van der Waals surface area (Å²) in [6.07, 6.45) is 0. The molecule has 1 atom stereocenters. The molecule has 2 rings (SSSR count). The molecular weight excluding hydrogens is 327 g/mol. The van der Waals surface area contributed by atoms with Gasteiger partial charge in [-0.1, -0.05) is 0 Å². The van der Waals surface area contributed by atoms with E-state index in [0.29, 0.717) is 6.07 Å². The van der Waals surface area contributed by atoms with Crippen LogP contribution < -0.4 is 10.1 Å². The van der Waals surface area contributed by atoms with Crippen LogP contribution in [0.25, 0.3) is 0 Å². The van der Waals surface area contributed by atoms with Crippen molar-refractivity contribution in [2.24, 2.45) is 0 Å². The third-order valence-corrected chi connectivity index (χ3v) is 3.21. The Kier molecular flexibility index (Phi) is 5.08. The molecule has 2 aromatic rings. The zero-order valence-corrected chi connectivity index (χ0v) is 12.3. The first-order valence-electron chi connectivity index (χ1n) is 6.65. The van der Waals surface area contributed by atoms with Crippen LogP contribution in [0, 0.1) is 17.5 Å². The highest BCUT2D eigenvalue weighted by atomic mass is 19.1. The molecule has 0 saturated carbocycles. The SMILES string of the molecule is COc1ccc(C(=O)N[C@H](C(=O)O)c2cc(F)ccc2F)c(F)c1. The van der Waals surface area contributed by atoms with Gasteiger partial charge in [-0.05, 0) is 30.3 Å². The van der Waals surface area contributed by atoms with Gasteiger partial charge in [-0.2, -0.15) is 0 Å². The molecule has 2 N–H and O–H groups in total. The van der Waals surface area contributed by atoms with Crippen LogP contribution in [0.3, 0.4) is 0 Å². The fourth-order valence-corrected chi connectivity index (χ4v) is 2.02. The Bertz CT molecular complexity index is 795. The summed E-state index contributed by atoms with van der Waals surface area (Å²) in [7, 11) is 1.31. The van der Waals surface area contributed by atoms with Gasteiger partial charge in [-0.25, -0.2) is 18.0 Å². The van der Waals surface area contributed by atoms with Crippen molar-refractivity contribution in [1.82, 2.24) is 5.32 Å². The summed E-state index contributed by atoms with van der Waals surface area (Å²) in [6, 6.07) is 3.64. The van der Waals surface area contributed by atoms with E-state index in [4.69, 9.17) is 4.74 Å². The van der Waals surface area contributed by atoms with Gasteiger partial charge < -0.3 is 15.2 Å². The average molecular weight is 339 g/mol. The second kappa shape index (κ2) is 7.03. The number of carbonyl (C=O) groups is 2. The third kappa shape index (κ3) is 3.65. The lowest BCUT2D eigenvalue weighted by molar-refractivity contribution is -0.139. The molecular formula is C16H12F3NO4. The van der Waals surface area contributed by atoms with E-state index in [1.807, 2.05) is 5.32 Å². The quantitative estimate of drug-likeness (QED) is 0.878. The standard InChI is InChI=1S/C16H12F3NO4/c1-24-9-3-4-10(13(19)7-9)15(21)20-14(16(22)23)11-6-8(17)2-5-12(11)18/h2-7,14H,1H3,(H,20,21)(H,22,23)/t14-/m0/s1. The molecule has 0 spiro atoms. The number of hydrogen-bond donors (Lipinski definition) is 2. The summed E-state index contributed by atoms with van der Waals surface area (Å²) in [5.74, 6) is -5.39. The van der Waals surface area contributed by atoms with Crippen molar-refractivity contribution < 1.29 is 32.6 Å². The van der Waals surface area contributed by atoms with Crippen LogP contribution in [0.1, 0.15) is 22.0 Å². The third-order valence-electron chi connectivity index (χ3n) is 3.21. The summed E-state index contributed by atoms with van der Waals surface area (Å²) < 4.78 is 45.6. The van der Waals surface area contributed by atoms with Crippen molar-refractivity contribution >= 4 is 11.9 Å². The van der Waals surface area contributed by atoms with Crippen molar-refractivity contribution in [2.45, 2.75) is 6.04 Å². The van der Waals surface area contributed by atoms with Gasteiger partial charge in [0.15, 0.2) is 6.04 Å². The fourth-order valence-electron chi connectivity index (χ4n) is 2.02. The monoisotopic (exact) mass is 339 g/mol. The number of halogens is 3. The number of carboxylic acids is 1. The molecule has 0 bridgehead atoms. The van der Waals surface area contributed by atoms with Crippen LogP contribution in [0.2, 0.25) is 0 Å². The zero-order chi connectivity index (χ0) is 17.9. The van der Waals surface area contributed by atoms with Gasteiger partial charge in [0.1, 0.15) is 23.2 Å². The maximum Gasteiger partial charge on any atom is 0.331 e. The lowest BCUT2D eigenvalue weighted by atomic mass is 10.1. The highest BCUT2D eigenvalue weighted by Gasteiger charge is 2.27. The van der Waals surface area contributed by atoms with E-state index in [2.05, 4.69) is 0 Å². The van der Waals surface area contributed by atoms with Crippen molar-refractivity contribution in [3.8, 4) is 5.75 Å². The minimum Gasteiger partial charge on any atom is -0.497 e. The maximum atomic E-state index is 13.9. The molecule has 0 fully saturated rings. The predicted octanol–water partition coefficient (Wildman–Crippen LogP) is 2.67. The number of aliphatic carboxylic acids is 1. The predicted molar refractivity (Wildman–Crippen MR) is 77.2 cm³/mol. The Labute approximate surface area is 134 Å². The zero-order valence-electron chi connectivity index (χ0n) is 12.3. The van der Waals surface area contributed by atoms with E-state index in [9.17, 15) is 27.9 Å². The summed E-state index contributed by atoms with van der Waals surface area (Å²) in [5.41, 5.74) is -1.04. The molecule has 0 saturated heterocycles. The van der Waals surface area contributed by atoms with Crippen molar-refractivity contribution in [3.05, 3.63) is 65.0 Å². The van der Waals surface area contributed by atoms with E-state index >= 15 is 0 Å². The highest BCUT2D eigenvalue weighted by molar-refractivity contribution is 5.97. The highest BCUT2D eigenvalue weighted by Crippen LogP contribution is 2.21. The Balaban J connectivity index is 2.33. The molecule has 1 amide bonds. The minimum absolute atomic E-state index is 0.162. The van der Waals surface area contributed by atoms with Gasteiger partial charge in [0.2, 0.25) is 0 Å². The van der Waals surface area contributed by atoms with Crippen LogP contribution in [0.5, 0.6) is 5.75 Å². The maximum absolute atomic E-state index is 13.9. The molecule has 126 valence electrons. The minimum atomic E-state index is -1.88. The molecule has 24 heavy (non-hydrogen) atoms. The Morgan fingerprint density at radius 3 is 2.38 bits per heavy atom. The lowest BCUT2D eigenvalue weighted by Crippen LogP contribution is -2.34. The second-order valence-electron chi connectivity index (χ2n) is 4.76. The van der Waals surface area contributed by atoms with Gasteiger partial charge in [0.05, 0.1) is 12.7 Å². The van der Waals surface area contributed by atoms with Crippen molar-refractivity contribution in [1.29, 1.82) is 0 Å². The molecule has 0 aliphatic rings. The van der Waals surface area contributed by atoms with Crippen LogP contribution in [-0.2, 0) is 4.79 Å². The first kappa shape index (κ1) is 17.3. The number of methoxy groups -OCH3 is 1. The summed E-state index contributed by atoms with van der Waals surface area (Å²) in [4.78, 5) is 23.4. The number of carbonyl (C=O) groups excluding carboxylic acids is 1. The van der Waals surface area contributed by atoms with Gasteiger partial charge in [-0.15, -0.1) is 0 Å². The van der Waals surface area contributed by atoms with Crippen LogP contribution in [-0.4, -0.2) is 24.1 Å². The van der Waals surface area contributed by atoms with Gasteiger partial charge in [0.25, 0.3) is 5.91 Å². The fraction of sp³-hybridized carbons (Fsp3) is 0.125. The second-order valence-corrected chi connectivity index (χ2v) is 4.76. The first-order chi connectivity index (χ1) is 11.3. The average Bonchev–Trinajstić information content (AvgIpc) is 2.54. The largest absolute Gasteiger partial charge is 0.497 e. The first-order valence-corrected chi connectivity index (χ1v) is 6.65. The number of rotatable bonds is 5. The lowest BCUT2D eigenvalue weighted by Gasteiger charge is -2.16. The van der Waals surface area contributed by atoms with E-state index in [1.165, 1.54) is 13.2 Å². The number of hydrogen-bond acceptors (Lipinski definition) is 3. The van der Waals surface area contributed by atoms with Gasteiger partial charge in [0, 0.05) is 11.6 Å². The van der Waals surface area contributed by atoms with Crippen LogP contribution in [0.15, 0.2) is 36.4 Å². The number of carboxylic acid groups (broad SMARTS) is 1. The van der Waals surface area contributed by atoms with Crippen LogP contribution in [0.4, 0.5) is 13.2 Å². The number of nitrogens with one attached hydrogen (secondary N) is 1. The van der Waals surface area contributed by atoms with Crippen molar-refractivity contribution in [3.63, 3.8) is 0 Å². The molecule has 2 aromatic carbocycles. The molecule has 0 aliphatic heterocycles. The van der Waals surface area contributed by atoms with Crippen LogP contribution >= 0.6 is 0 Å². The summed E-state index contributed by atoms with van der Waals surface area (Å²) >= 11 is 0. The summed E-state index contributed by atoms with van der Waals surface area (Å²) in [6.45, 7) is 0. The number of amides is 1. The smallest absolute Gasteiger partial charge is 0.331 e. The van der Waals surface area contributed by atoms with Crippen molar-refractivity contribution in [2.75, 3.05) is 7.11 Å². The van der Waals surface area contributed by atoms with E-state index < -0.39 is 46.5 Å². The van der Waals surface area contributed by atoms with E-state index in [0.717, 1.165) is 24.3 Å².